The molecule has 0 fully saturated rings. The van der Waals surface area contributed by atoms with E-state index < -0.39 is 23.3 Å². The van der Waals surface area contributed by atoms with Gasteiger partial charge in [0.1, 0.15) is 0 Å². The van der Waals surface area contributed by atoms with Crippen molar-refractivity contribution in [1.29, 1.82) is 0 Å². The van der Waals surface area contributed by atoms with Gasteiger partial charge in [-0.15, -0.1) is 0 Å². The third kappa shape index (κ3) is 2.90. The molecule has 0 rings (SSSR count). The van der Waals surface area contributed by atoms with Crippen molar-refractivity contribution in [2.75, 3.05) is 0 Å². The Bertz CT molecular complexity index is 195. The highest BCUT2D eigenvalue weighted by Gasteiger charge is 2.31. The molecular formula is C8H14O4. The van der Waals surface area contributed by atoms with E-state index in [-0.39, 0.29) is 6.42 Å². The van der Waals surface area contributed by atoms with Crippen molar-refractivity contribution in [2.24, 2.45) is 11.3 Å². The lowest BCUT2D eigenvalue weighted by molar-refractivity contribution is -0.150. The molecule has 0 saturated heterocycles. The summed E-state index contributed by atoms with van der Waals surface area (Å²) in [6.07, 6.45) is 0.150. The number of carboxylic acids is 2. The highest BCUT2D eigenvalue weighted by molar-refractivity contribution is 5.75. The lowest BCUT2D eigenvalue weighted by atomic mass is 9.83. The predicted molar refractivity (Wildman–Crippen MR) is 42.8 cm³/mol. The first-order valence-corrected chi connectivity index (χ1v) is 3.73. The summed E-state index contributed by atoms with van der Waals surface area (Å²) in [6.45, 7) is 4.55. The summed E-state index contributed by atoms with van der Waals surface area (Å²) < 4.78 is 0. The van der Waals surface area contributed by atoms with E-state index in [4.69, 9.17) is 10.2 Å². The minimum absolute atomic E-state index is 0.150. The molecule has 4 heteroatoms. The molecule has 0 aliphatic heterocycles. The number of carboxylic acid groups (broad SMARTS) is 2. The van der Waals surface area contributed by atoms with Gasteiger partial charge in [-0.25, -0.2) is 0 Å². The van der Waals surface area contributed by atoms with Gasteiger partial charge < -0.3 is 10.2 Å². The summed E-state index contributed by atoms with van der Waals surface area (Å²) in [5, 5.41) is 17.2. The Balaban J connectivity index is 4.24. The molecule has 4 nitrogen and oxygen atoms in total. The van der Waals surface area contributed by atoms with Gasteiger partial charge in [-0.2, -0.15) is 0 Å². The lowest BCUT2D eigenvalue weighted by Crippen LogP contribution is -2.28. The van der Waals surface area contributed by atoms with Crippen LogP contribution in [0.15, 0.2) is 0 Å². The van der Waals surface area contributed by atoms with Gasteiger partial charge in [0, 0.05) is 0 Å². The van der Waals surface area contributed by atoms with E-state index in [0.717, 1.165) is 0 Å². The minimum Gasteiger partial charge on any atom is -0.481 e. The van der Waals surface area contributed by atoms with Crippen LogP contribution in [0.3, 0.4) is 0 Å². The van der Waals surface area contributed by atoms with Gasteiger partial charge in [0.05, 0.1) is 11.3 Å². The fourth-order valence-corrected chi connectivity index (χ4v) is 0.940. The van der Waals surface area contributed by atoms with Crippen LogP contribution in [0.2, 0.25) is 0 Å². The van der Waals surface area contributed by atoms with Crippen molar-refractivity contribution in [3.63, 3.8) is 0 Å². The topological polar surface area (TPSA) is 74.6 Å². The number of carbonyl (C=O) groups is 2. The van der Waals surface area contributed by atoms with Crippen LogP contribution in [-0.2, 0) is 9.59 Å². The normalized spacial score (nSPS) is 13.9. The summed E-state index contributed by atoms with van der Waals surface area (Å²) in [4.78, 5) is 21.0. The molecule has 0 heterocycles. The van der Waals surface area contributed by atoms with Gasteiger partial charge >= 0.3 is 11.9 Å². The second-order valence-electron chi connectivity index (χ2n) is 3.63. The maximum Gasteiger partial charge on any atom is 0.309 e. The van der Waals surface area contributed by atoms with Crippen LogP contribution in [0.25, 0.3) is 0 Å². The van der Waals surface area contributed by atoms with E-state index >= 15 is 0 Å². The molecule has 0 aliphatic rings. The molecule has 12 heavy (non-hydrogen) atoms. The van der Waals surface area contributed by atoms with Crippen LogP contribution in [0.4, 0.5) is 0 Å². The Morgan fingerprint density at radius 1 is 1.33 bits per heavy atom. The van der Waals surface area contributed by atoms with Crippen molar-refractivity contribution in [1.82, 2.24) is 0 Å². The van der Waals surface area contributed by atoms with Gasteiger partial charge in [0.15, 0.2) is 0 Å². The Kier molecular flexibility index (Phi) is 3.24. The van der Waals surface area contributed by atoms with E-state index in [0.29, 0.717) is 0 Å². The number of hydrogen-bond acceptors (Lipinski definition) is 2. The molecule has 2 N–H and O–H groups in total. The predicted octanol–water partition coefficient (Wildman–Crippen LogP) is 1.21. The highest BCUT2D eigenvalue weighted by Crippen LogP contribution is 2.25. The summed E-state index contributed by atoms with van der Waals surface area (Å²) >= 11 is 0. The van der Waals surface area contributed by atoms with Gasteiger partial charge in [0.2, 0.25) is 0 Å². The molecule has 0 saturated carbocycles. The number of rotatable bonds is 4. The summed E-state index contributed by atoms with van der Waals surface area (Å²) in [6, 6.07) is 0. The lowest BCUT2D eigenvalue weighted by Gasteiger charge is -2.20. The summed E-state index contributed by atoms with van der Waals surface area (Å²) in [7, 11) is 0. The standard InChI is InChI=1S/C8H14O4/c1-5(6(9)10)4-8(2,3)7(11)12/h5H,4H2,1-3H3,(H,9,10)(H,11,12). The minimum atomic E-state index is -0.962. The van der Waals surface area contributed by atoms with Crippen molar-refractivity contribution in [3.8, 4) is 0 Å². The summed E-state index contributed by atoms with van der Waals surface area (Å²) in [5.41, 5.74) is -0.961. The maximum atomic E-state index is 10.6. The molecule has 0 aromatic carbocycles. The summed E-state index contributed by atoms with van der Waals surface area (Å²) in [5.74, 6) is -2.53. The number of hydrogen-bond donors (Lipinski definition) is 2. The smallest absolute Gasteiger partial charge is 0.309 e. The monoisotopic (exact) mass is 174 g/mol. The molecule has 0 aromatic rings. The van der Waals surface area contributed by atoms with Crippen molar-refractivity contribution < 1.29 is 19.8 Å². The fraction of sp³-hybridized carbons (Fsp3) is 0.750. The van der Waals surface area contributed by atoms with Gasteiger partial charge in [-0.3, -0.25) is 9.59 Å². The molecule has 0 aromatic heterocycles. The van der Waals surface area contributed by atoms with Crippen LogP contribution < -0.4 is 0 Å². The second kappa shape index (κ2) is 3.56. The average Bonchev–Trinajstić information content (AvgIpc) is 1.85. The fourth-order valence-electron chi connectivity index (χ4n) is 0.940. The quantitative estimate of drug-likeness (QED) is 0.671. The second-order valence-corrected chi connectivity index (χ2v) is 3.63. The first-order valence-electron chi connectivity index (χ1n) is 3.73. The van der Waals surface area contributed by atoms with Gasteiger partial charge in [-0.05, 0) is 20.3 Å². The molecular weight excluding hydrogens is 160 g/mol. The molecule has 0 spiro atoms. The molecule has 0 radical (unpaired) electrons. The molecule has 1 unspecified atom stereocenters. The third-order valence-electron chi connectivity index (χ3n) is 1.82. The Morgan fingerprint density at radius 3 is 2.00 bits per heavy atom. The number of aliphatic carboxylic acids is 2. The highest BCUT2D eigenvalue weighted by atomic mass is 16.4. The van der Waals surface area contributed by atoms with E-state index in [1.807, 2.05) is 0 Å². The van der Waals surface area contributed by atoms with Gasteiger partial charge in [0.25, 0.3) is 0 Å². The van der Waals surface area contributed by atoms with Crippen LogP contribution in [-0.4, -0.2) is 22.2 Å². The van der Waals surface area contributed by atoms with Crippen LogP contribution >= 0.6 is 0 Å². The van der Waals surface area contributed by atoms with E-state index in [2.05, 4.69) is 0 Å². The Hall–Kier alpha value is -1.06. The first-order chi connectivity index (χ1) is 5.27. The largest absolute Gasteiger partial charge is 0.481 e. The van der Waals surface area contributed by atoms with Crippen molar-refractivity contribution in [2.45, 2.75) is 27.2 Å². The Morgan fingerprint density at radius 2 is 1.75 bits per heavy atom. The van der Waals surface area contributed by atoms with Crippen molar-refractivity contribution in [3.05, 3.63) is 0 Å². The van der Waals surface area contributed by atoms with E-state index in [1.54, 1.807) is 0 Å². The Labute approximate surface area is 71.2 Å². The van der Waals surface area contributed by atoms with Crippen molar-refractivity contribution >= 4 is 11.9 Å². The molecule has 0 amide bonds. The average molecular weight is 174 g/mol. The van der Waals surface area contributed by atoms with Crippen LogP contribution in [0, 0.1) is 11.3 Å². The third-order valence-corrected chi connectivity index (χ3v) is 1.82. The molecule has 1 atom stereocenters. The first kappa shape index (κ1) is 10.9. The van der Waals surface area contributed by atoms with Gasteiger partial charge in [-0.1, -0.05) is 6.92 Å². The SMILES string of the molecule is CC(CC(C)(C)C(=O)O)C(=O)O. The van der Waals surface area contributed by atoms with Crippen LogP contribution in [0.1, 0.15) is 27.2 Å². The zero-order valence-electron chi connectivity index (χ0n) is 7.50. The molecule has 0 bridgehead atoms. The molecule has 70 valence electrons. The van der Waals surface area contributed by atoms with E-state index in [1.165, 1.54) is 20.8 Å². The van der Waals surface area contributed by atoms with Crippen LogP contribution in [0.5, 0.6) is 0 Å². The van der Waals surface area contributed by atoms with E-state index in [9.17, 15) is 9.59 Å². The zero-order valence-corrected chi connectivity index (χ0v) is 7.50. The maximum absolute atomic E-state index is 10.6. The molecule has 0 aliphatic carbocycles. The zero-order chi connectivity index (χ0) is 9.94.